The number of amides is 1. The summed E-state index contributed by atoms with van der Waals surface area (Å²) in [6.45, 7) is 20.9. The lowest BCUT2D eigenvalue weighted by Crippen LogP contribution is -2.38. The van der Waals surface area contributed by atoms with Gasteiger partial charge >= 0.3 is 13.8 Å². The minimum atomic E-state index is -4.27. The molecule has 4 rings (SSSR count). The number of nitrogens with one attached hydrogen (secondary N) is 1. The average molecular weight is 783 g/mol. The first-order chi connectivity index (χ1) is 25.5. The topological polar surface area (TPSA) is 227 Å². The largest absolute Gasteiger partial charge is 0.524 e. The SMILES string of the molecule is C/C=C/OP(=O)(O)O.C=CCCC(NC)C(N)=O.C=O.CC.CC.CC.Cc1ccc(C(=O)O)c(-c2c3cc(F)c(=O)cc-3oc3cc(O)c(F)cc23)c1. The number of likely N-dealkylation sites (N-methyl/N-ethyl adjacent to an activating group) is 1. The first-order valence-electron chi connectivity index (χ1n) is 16.7. The van der Waals surface area contributed by atoms with E-state index in [0.717, 1.165) is 48.9 Å². The molecule has 300 valence electrons. The maximum absolute atomic E-state index is 14.1. The van der Waals surface area contributed by atoms with E-state index in [4.69, 9.17) is 24.7 Å². The number of allylic oxidation sites excluding steroid dienone is 2. The quantitative estimate of drug-likeness (QED) is 0.0410. The number of hydrogen-bond acceptors (Lipinski definition) is 9. The number of phosphoric acid groups is 1. The molecule has 13 nitrogen and oxygen atoms in total. The van der Waals surface area contributed by atoms with Crippen LogP contribution >= 0.6 is 7.82 Å². The third-order valence-electron chi connectivity index (χ3n) is 6.20. The number of carbonyl (C=O) groups is 3. The van der Waals surface area contributed by atoms with Crippen molar-refractivity contribution in [2.24, 2.45) is 5.73 Å². The molecule has 1 aliphatic carbocycles. The van der Waals surface area contributed by atoms with Crippen LogP contribution in [-0.4, -0.2) is 51.8 Å². The Morgan fingerprint density at radius 2 is 1.57 bits per heavy atom. The number of phosphoric ester groups is 1. The first-order valence-corrected chi connectivity index (χ1v) is 18.2. The fraction of sp³-hybridized carbons (Fsp3) is 0.316. The lowest BCUT2D eigenvalue weighted by molar-refractivity contribution is -0.120. The van der Waals surface area contributed by atoms with Crippen LogP contribution in [0.4, 0.5) is 8.78 Å². The van der Waals surface area contributed by atoms with E-state index >= 15 is 0 Å². The minimum Gasteiger partial charge on any atom is -0.505 e. The monoisotopic (exact) mass is 782 g/mol. The number of carboxylic acid groups (broad SMARTS) is 1. The lowest BCUT2D eigenvalue weighted by atomic mass is 9.89. The predicted molar refractivity (Wildman–Crippen MR) is 208 cm³/mol. The number of primary amides is 1. The average Bonchev–Trinajstić information content (AvgIpc) is 3.15. The third kappa shape index (κ3) is 17.5. The number of aromatic carboxylic acids is 1. The Kier molecular flexibility index (Phi) is 27.9. The normalized spacial score (nSPS) is 10.4. The number of halogens is 2. The van der Waals surface area contributed by atoms with E-state index < -0.39 is 36.6 Å². The molecule has 2 aliphatic rings. The van der Waals surface area contributed by atoms with E-state index in [2.05, 4.69) is 16.4 Å². The molecule has 54 heavy (non-hydrogen) atoms. The Bertz CT molecular complexity index is 1860. The van der Waals surface area contributed by atoms with Crippen LogP contribution in [0.25, 0.3) is 33.4 Å². The number of carboxylic acids is 1. The van der Waals surface area contributed by atoms with E-state index in [1.54, 1.807) is 39.1 Å². The van der Waals surface area contributed by atoms with Gasteiger partial charge in [0.15, 0.2) is 17.4 Å². The van der Waals surface area contributed by atoms with Gasteiger partial charge in [0.2, 0.25) is 11.3 Å². The van der Waals surface area contributed by atoms with Crippen LogP contribution < -0.4 is 16.5 Å². The number of aromatic hydroxyl groups is 1. The maximum atomic E-state index is 14.1. The predicted octanol–water partition coefficient (Wildman–Crippen LogP) is 8.10. The molecule has 0 saturated heterocycles. The second kappa shape index (κ2) is 28.3. The highest BCUT2D eigenvalue weighted by atomic mass is 31.2. The molecular weight excluding hydrogens is 729 g/mol. The molecule has 0 fully saturated rings. The zero-order chi connectivity index (χ0) is 42.8. The van der Waals surface area contributed by atoms with Crippen molar-refractivity contribution < 1.29 is 56.7 Å². The molecule has 0 radical (unpaired) electrons. The molecule has 1 amide bonds. The number of rotatable bonds is 9. The highest BCUT2D eigenvalue weighted by molar-refractivity contribution is 7.46. The van der Waals surface area contributed by atoms with Crippen molar-refractivity contribution in [1.29, 1.82) is 0 Å². The Balaban J connectivity index is -0.000000829. The van der Waals surface area contributed by atoms with Gasteiger partial charge in [0.25, 0.3) is 0 Å². The van der Waals surface area contributed by atoms with Crippen molar-refractivity contribution in [3.05, 3.63) is 100 Å². The molecule has 0 bridgehead atoms. The molecule has 0 spiro atoms. The molecular formula is C38H53F2N2O11P. The summed E-state index contributed by atoms with van der Waals surface area (Å²) in [6, 6.07) is 8.25. The summed E-state index contributed by atoms with van der Waals surface area (Å²) < 4.78 is 47.4. The summed E-state index contributed by atoms with van der Waals surface area (Å²) in [5, 5.41) is 22.2. The summed E-state index contributed by atoms with van der Waals surface area (Å²) in [7, 11) is -2.55. The molecule has 1 atom stereocenters. The Morgan fingerprint density at radius 1 is 1.00 bits per heavy atom. The molecule has 2 aromatic rings. The van der Waals surface area contributed by atoms with Crippen LogP contribution in [0.5, 0.6) is 5.75 Å². The van der Waals surface area contributed by atoms with Crippen molar-refractivity contribution in [3.63, 3.8) is 0 Å². The summed E-state index contributed by atoms with van der Waals surface area (Å²) >= 11 is 0. The number of phenolic OH excluding ortho intramolecular Hbond substituents is 1. The highest BCUT2D eigenvalue weighted by Gasteiger charge is 2.24. The minimum absolute atomic E-state index is 0.0160. The van der Waals surface area contributed by atoms with Crippen molar-refractivity contribution in [2.75, 3.05) is 7.05 Å². The molecule has 2 aromatic carbocycles. The Labute approximate surface area is 314 Å². The van der Waals surface area contributed by atoms with Gasteiger partial charge in [-0.2, -0.15) is 0 Å². The van der Waals surface area contributed by atoms with Crippen LogP contribution in [0.3, 0.4) is 0 Å². The zero-order valence-electron chi connectivity index (χ0n) is 32.1. The Morgan fingerprint density at radius 3 is 2.02 bits per heavy atom. The molecule has 1 aliphatic heterocycles. The highest BCUT2D eigenvalue weighted by Crippen LogP contribution is 2.43. The summed E-state index contributed by atoms with van der Waals surface area (Å²) in [5.41, 5.74) is 5.32. The van der Waals surface area contributed by atoms with Gasteiger partial charge in [0.1, 0.15) is 18.1 Å². The standard InChI is InChI=1S/C21H12F2O5.C7H14N2O.C3H7O4P.3C2H6.CH2O/c1-9-2-3-10(21(26)27)11(4-9)20-12-5-14(22)16(24)7-18(12)28-19-8-17(25)15(23)6-13(19)20;1-3-4-5-6(9-2)7(8)10;1-2-3-7-8(4,5)6;4*1-2/h2-8,24H,1H3,(H,26,27);3,6,9H,1,4-5H2,2H3,(H2,8,10);2-3H,1H3,(H2,4,5,6);3*1-2H3;1H2/b;;3-2+;;;;. The Hall–Kier alpha value is -5.21. The fourth-order valence-corrected chi connectivity index (χ4v) is 4.38. The number of hydrogen-bond donors (Lipinski definition) is 6. The van der Waals surface area contributed by atoms with Crippen molar-refractivity contribution in [3.8, 4) is 28.2 Å². The van der Waals surface area contributed by atoms with Gasteiger partial charge in [-0.15, -0.1) is 6.58 Å². The smallest absolute Gasteiger partial charge is 0.505 e. The number of aryl methyl sites for hydroxylation is 1. The van der Waals surface area contributed by atoms with Crippen molar-refractivity contribution in [2.45, 2.75) is 74.3 Å². The molecule has 7 N–H and O–H groups in total. The second-order valence-corrected chi connectivity index (χ2v) is 10.8. The number of benzene rings is 3. The molecule has 1 heterocycles. The van der Waals surface area contributed by atoms with Gasteiger partial charge < -0.3 is 35.0 Å². The number of nitrogens with two attached hydrogens (primary N) is 1. The lowest BCUT2D eigenvalue weighted by Gasteiger charge is -2.17. The van der Waals surface area contributed by atoms with Crippen LogP contribution in [0.1, 0.15) is 77.2 Å². The summed E-state index contributed by atoms with van der Waals surface area (Å²) in [5.74, 6) is -4.21. The summed E-state index contributed by atoms with van der Waals surface area (Å²) in [4.78, 5) is 58.0. The fourth-order valence-electron chi connectivity index (χ4n) is 4.10. The number of phenols is 1. The van der Waals surface area contributed by atoms with Gasteiger partial charge in [0, 0.05) is 28.6 Å². The van der Waals surface area contributed by atoms with Gasteiger partial charge in [-0.1, -0.05) is 71.4 Å². The third-order valence-corrected chi connectivity index (χ3v) is 6.60. The van der Waals surface area contributed by atoms with Gasteiger partial charge in [0.05, 0.1) is 17.9 Å². The van der Waals surface area contributed by atoms with Crippen LogP contribution in [-0.2, 0) is 18.7 Å². The first kappa shape index (κ1) is 53.1. The second-order valence-electron chi connectivity index (χ2n) is 9.58. The number of fused-ring (bicyclic) bond motifs is 2. The van der Waals surface area contributed by atoms with Gasteiger partial charge in [-0.05, 0) is 57.5 Å². The van der Waals surface area contributed by atoms with Crippen LogP contribution in [0.2, 0.25) is 0 Å². The molecule has 0 aromatic heterocycles. The molecule has 1 unspecified atom stereocenters. The summed E-state index contributed by atoms with van der Waals surface area (Å²) in [6.07, 6.45) is 5.65. The van der Waals surface area contributed by atoms with E-state index in [-0.39, 0.29) is 50.9 Å². The van der Waals surface area contributed by atoms with E-state index in [1.807, 2.05) is 48.3 Å². The maximum Gasteiger partial charge on any atom is 0.524 e. The van der Waals surface area contributed by atoms with E-state index in [1.165, 1.54) is 12.1 Å². The molecule has 0 saturated carbocycles. The van der Waals surface area contributed by atoms with E-state index in [0.29, 0.717) is 0 Å². The van der Waals surface area contributed by atoms with Crippen molar-refractivity contribution >= 4 is 37.5 Å². The zero-order valence-corrected chi connectivity index (χ0v) is 33.0. The van der Waals surface area contributed by atoms with Gasteiger partial charge in [-0.25, -0.2) is 18.1 Å². The number of carbonyl (C=O) groups excluding carboxylic acids is 2. The van der Waals surface area contributed by atoms with E-state index in [9.17, 15) is 37.9 Å². The molecule has 16 heteroatoms. The van der Waals surface area contributed by atoms with Gasteiger partial charge in [-0.3, -0.25) is 19.4 Å². The van der Waals surface area contributed by atoms with Crippen molar-refractivity contribution in [1.82, 2.24) is 5.32 Å². The van der Waals surface area contributed by atoms with Crippen LogP contribution in [0, 0.1) is 18.6 Å². The van der Waals surface area contributed by atoms with Crippen LogP contribution in [0.15, 0.2) is 76.7 Å².